The number of carboxylic acids is 1. The number of ether oxygens (including phenoxy) is 1. The number of hydrogen-bond donors (Lipinski definition) is 1. The minimum absolute atomic E-state index is 0.0368. The molecule has 0 radical (unpaired) electrons. The van der Waals surface area contributed by atoms with Crippen LogP contribution in [-0.2, 0) is 15.0 Å². The van der Waals surface area contributed by atoms with Gasteiger partial charge in [0.05, 0.1) is 6.61 Å². The predicted molar refractivity (Wildman–Crippen MR) is 57.1 cm³/mol. The molecule has 0 saturated heterocycles. The summed E-state index contributed by atoms with van der Waals surface area (Å²) in [6.07, 6.45) is 0.0521. The van der Waals surface area contributed by atoms with E-state index in [1.165, 1.54) is 0 Å². The molecule has 1 aromatic rings. The number of carboxylic acid groups (broad SMARTS) is 1. The summed E-state index contributed by atoms with van der Waals surface area (Å²) in [5.41, 5.74) is 0. The van der Waals surface area contributed by atoms with Crippen LogP contribution in [0.1, 0.15) is 12.8 Å². The summed E-state index contributed by atoms with van der Waals surface area (Å²) < 4.78 is 51.7. The lowest BCUT2D eigenvalue weighted by atomic mass is 10.3. The minimum Gasteiger partial charge on any atom is -0.491 e. The number of rotatable bonds is 6. The highest BCUT2D eigenvalue weighted by atomic mass is 32.3. The average molecular weight is 280 g/mol. The van der Waals surface area contributed by atoms with Crippen molar-refractivity contribution in [3.05, 3.63) is 24.0 Å². The molecule has 0 bridgehead atoms. The smallest absolute Gasteiger partial charge is 0.332 e. The molecule has 0 fully saturated rings. The first-order valence-electron chi connectivity index (χ1n) is 4.89. The fourth-order valence-corrected chi connectivity index (χ4v) is 1.63. The number of halogens is 2. The van der Waals surface area contributed by atoms with Crippen LogP contribution in [0.25, 0.3) is 0 Å². The van der Waals surface area contributed by atoms with E-state index < -0.39 is 26.9 Å². The maximum atomic E-state index is 13.3. The van der Waals surface area contributed by atoms with Crippen molar-refractivity contribution in [1.82, 2.24) is 0 Å². The molecule has 100 valence electrons. The van der Waals surface area contributed by atoms with Gasteiger partial charge in [-0.05, 0) is 24.6 Å². The lowest BCUT2D eigenvalue weighted by molar-refractivity contribution is -0.137. The van der Waals surface area contributed by atoms with Crippen molar-refractivity contribution < 1.29 is 31.3 Å². The summed E-state index contributed by atoms with van der Waals surface area (Å²) in [6, 6.07) is 2.34. The molecule has 1 aromatic carbocycles. The molecule has 0 unspecified atom stereocenters. The van der Waals surface area contributed by atoms with Gasteiger partial charge in [-0.2, -0.15) is 8.42 Å². The standard InChI is InChI=1S/C10H10F2O5S/c11-8-6-7(18(12,15)16)3-4-9(8)17-5-1-2-10(13)14/h3-4,6H,1-2,5H2,(H,13,14). The summed E-state index contributed by atoms with van der Waals surface area (Å²) in [6.45, 7) is -0.0368. The second-order valence-electron chi connectivity index (χ2n) is 3.38. The van der Waals surface area contributed by atoms with Gasteiger partial charge in [-0.1, -0.05) is 0 Å². The van der Waals surface area contributed by atoms with E-state index in [-0.39, 0.29) is 25.2 Å². The Morgan fingerprint density at radius 2 is 2.06 bits per heavy atom. The van der Waals surface area contributed by atoms with Crippen molar-refractivity contribution in [2.45, 2.75) is 17.7 Å². The van der Waals surface area contributed by atoms with Crippen LogP contribution < -0.4 is 4.74 Å². The SMILES string of the molecule is O=C(O)CCCOc1ccc(S(=O)(=O)F)cc1F. The highest BCUT2D eigenvalue weighted by Gasteiger charge is 2.15. The Hall–Kier alpha value is -1.70. The highest BCUT2D eigenvalue weighted by Crippen LogP contribution is 2.22. The Morgan fingerprint density at radius 1 is 1.39 bits per heavy atom. The first-order valence-corrected chi connectivity index (χ1v) is 6.28. The third-order valence-electron chi connectivity index (χ3n) is 1.98. The summed E-state index contributed by atoms with van der Waals surface area (Å²) in [5, 5.41) is 8.35. The van der Waals surface area contributed by atoms with Crippen LogP contribution in [0.3, 0.4) is 0 Å². The molecule has 1 rings (SSSR count). The summed E-state index contributed by atoms with van der Waals surface area (Å²) in [4.78, 5) is 9.40. The van der Waals surface area contributed by atoms with E-state index in [1.807, 2.05) is 0 Å². The molecule has 0 spiro atoms. The van der Waals surface area contributed by atoms with E-state index in [0.29, 0.717) is 6.07 Å². The van der Waals surface area contributed by atoms with Gasteiger partial charge in [0, 0.05) is 6.42 Å². The van der Waals surface area contributed by atoms with Crippen molar-refractivity contribution in [2.24, 2.45) is 0 Å². The van der Waals surface area contributed by atoms with Gasteiger partial charge in [-0.15, -0.1) is 3.89 Å². The van der Waals surface area contributed by atoms with E-state index in [2.05, 4.69) is 0 Å². The third-order valence-corrected chi connectivity index (χ3v) is 2.79. The summed E-state index contributed by atoms with van der Waals surface area (Å²) >= 11 is 0. The number of carbonyl (C=O) groups is 1. The molecular formula is C10H10F2O5S. The van der Waals surface area contributed by atoms with Gasteiger partial charge in [0.1, 0.15) is 4.90 Å². The second-order valence-corrected chi connectivity index (χ2v) is 4.72. The van der Waals surface area contributed by atoms with Crippen LogP contribution in [0.15, 0.2) is 23.1 Å². The predicted octanol–water partition coefficient (Wildman–Crippen LogP) is 1.73. The van der Waals surface area contributed by atoms with Crippen molar-refractivity contribution in [1.29, 1.82) is 0 Å². The minimum atomic E-state index is -4.95. The third kappa shape index (κ3) is 4.28. The van der Waals surface area contributed by atoms with E-state index in [1.54, 1.807) is 0 Å². The second kappa shape index (κ2) is 5.76. The van der Waals surface area contributed by atoms with E-state index >= 15 is 0 Å². The van der Waals surface area contributed by atoms with Crippen LogP contribution in [-0.4, -0.2) is 26.1 Å². The van der Waals surface area contributed by atoms with Gasteiger partial charge in [0.25, 0.3) is 0 Å². The fourth-order valence-electron chi connectivity index (χ4n) is 1.16. The lowest BCUT2D eigenvalue weighted by Crippen LogP contribution is -2.03. The van der Waals surface area contributed by atoms with E-state index in [4.69, 9.17) is 9.84 Å². The first-order chi connectivity index (χ1) is 8.30. The molecule has 1 N–H and O–H groups in total. The largest absolute Gasteiger partial charge is 0.491 e. The average Bonchev–Trinajstić information content (AvgIpc) is 2.24. The van der Waals surface area contributed by atoms with Gasteiger partial charge >= 0.3 is 16.2 Å². The molecule has 8 heteroatoms. The highest BCUT2D eigenvalue weighted by molar-refractivity contribution is 7.86. The van der Waals surface area contributed by atoms with Crippen molar-refractivity contribution in [3.8, 4) is 5.75 Å². The van der Waals surface area contributed by atoms with E-state index in [0.717, 1.165) is 12.1 Å². The molecule has 18 heavy (non-hydrogen) atoms. The molecule has 0 aromatic heterocycles. The topological polar surface area (TPSA) is 80.7 Å². The Kier molecular flexibility index (Phi) is 4.60. The molecule has 0 amide bonds. The zero-order valence-corrected chi connectivity index (χ0v) is 9.91. The maximum absolute atomic E-state index is 13.3. The van der Waals surface area contributed by atoms with Crippen molar-refractivity contribution in [3.63, 3.8) is 0 Å². The van der Waals surface area contributed by atoms with Crippen LogP contribution in [0.4, 0.5) is 8.28 Å². The van der Waals surface area contributed by atoms with Crippen LogP contribution in [0.2, 0.25) is 0 Å². The van der Waals surface area contributed by atoms with Crippen molar-refractivity contribution >= 4 is 16.2 Å². The maximum Gasteiger partial charge on any atom is 0.332 e. The molecule has 0 saturated carbocycles. The normalized spacial score (nSPS) is 11.2. The number of benzene rings is 1. The van der Waals surface area contributed by atoms with Gasteiger partial charge in [0.2, 0.25) is 0 Å². The molecule has 5 nitrogen and oxygen atoms in total. The van der Waals surface area contributed by atoms with Gasteiger partial charge in [-0.25, -0.2) is 4.39 Å². The van der Waals surface area contributed by atoms with Gasteiger partial charge in [0.15, 0.2) is 11.6 Å². The van der Waals surface area contributed by atoms with E-state index in [9.17, 15) is 21.5 Å². The molecule has 0 heterocycles. The quantitative estimate of drug-likeness (QED) is 0.634. The zero-order chi connectivity index (χ0) is 13.8. The number of aliphatic carboxylic acids is 1. The van der Waals surface area contributed by atoms with Crippen molar-refractivity contribution in [2.75, 3.05) is 6.61 Å². The van der Waals surface area contributed by atoms with Gasteiger partial charge in [-0.3, -0.25) is 4.79 Å². The Labute approximate surface area is 102 Å². The molecule has 0 atom stereocenters. The Bertz CT molecular complexity index is 541. The van der Waals surface area contributed by atoms with Crippen LogP contribution in [0.5, 0.6) is 5.75 Å². The molecule has 0 aliphatic rings. The molecule has 0 aliphatic heterocycles. The summed E-state index contributed by atoms with van der Waals surface area (Å²) in [5.74, 6) is -2.28. The molecular weight excluding hydrogens is 270 g/mol. The van der Waals surface area contributed by atoms with Crippen LogP contribution >= 0.6 is 0 Å². The van der Waals surface area contributed by atoms with Crippen LogP contribution in [0, 0.1) is 5.82 Å². The Morgan fingerprint density at radius 3 is 2.56 bits per heavy atom. The zero-order valence-electron chi connectivity index (χ0n) is 9.10. The summed E-state index contributed by atoms with van der Waals surface area (Å²) in [7, 11) is -4.95. The first kappa shape index (κ1) is 14.4. The molecule has 0 aliphatic carbocycles. The Balaban J connectivity index is 2.66. The number of hydrogen-bond acceptors (Lipinski definition) is 4. The monoisotopic (exact) mass is 280 g/mol. The van der Waals surface area contributed by atoms with Gasteiger partial charge < -0.3 is 9.84 Å². The fraction of sp³-hybridized carbons (Fsp3) is 0.300. The lowest BCUT2D eigenvalue weighted by Gasteiger charge is -2.06.